The molecule has 0 bridgehead atoms. The maximum absolute atomic E-state index is 6.73. The molecule has 3 aromatic heterocycles. The summed E-state index contributed by atoms with van der Waals surface area (Å²) in [5, 5.41) is 2.38. The summed E-state index contributed by atoms with van der Waals surface area (Å²) in [7, 11) is 0. The third-order valence-electron chi connectivity index (χ3n) is 11.2. The summed E-state index contributed by atoms with van der Waals surface area (Å²) in [6.07, 6.45) is 5.66. The van der Waals surface area contributed by atoms with E-state index in [2.05, 4.69) is 212 Å². The molecule has 5 aromatic carbocycles. The van der Waals surface area contributed by atoms with Gasteiger partial charge in [-0.1, -0.05) is 126 Å². The number of benzene rings is 5. The Balaban J connectivity index is 1.23. The fourth-order valence-electron chi connectivity index (χ4n) is 7.66. The van der Waals surface area contributed by atoms with Gasteiger partial charge in [0, 0.05) is 23.0 Å². The molecule has 8 rings (SSSR count). The minimum absolute atomic E-state index is 0.000326. The Morgan fingerprint density at radius 1 is 0.509 bits per heavy atom. The Kier molecular flexibility index (Phi) is 9.03. The maximum Gasteiger partial charge on any atom is 0.269 e. The molecule has 57 heavy (non-hydrogen) atoms. The molecule has 290 valence electrons. The fourth-order valence-corrected chi connectivity index (χ4v) is 7.66. The van der Waals surface area contributed by atoms with Crippen LogP contribution in [0.2, 0.25) is 0 Å². The van der Waals surface area contributed by atoms with Crippen molar-refractivity contribution < 1.29 is 9.30 Å². The Labute approximate surface area is 338 Å². The normalized spacial score (nSPS) is 12.9. The molecule has 0 saturated carbocycles. The summed E-state index contributed by atoms with van der Waals surface area (Å²) >= 11 is 0. The van der Waals surface area contributed by atoms with E-state index >= 15 is 0 Å². The third kappa shape index (κ3) is 7.25. The van der Waals surface area contributed by atoms with Crippen LogP contribution >= 0.6 is 0 Å². The first-order valence-corrected chi connectivity index (χ1v) is 20.2. The maximum atomic E-state index is 6.73. The van der Waals surface area contributed by atoms with Crippen molar-refractivity contribution in [2.45, 2.75) is 105 Å². The number of pyridine rings is 1. The molecule has 0 aliphatic carbocycles. The second kappa shape index (κ2) is 13.5. The summed E-state index contributed by atoms with van der Waals surface area (Å²) in [5.41, 5.74) is 11.6. The monoisotopic (exact) mass is 752 g/mol. The van der Waals surface area contributed by atoms with Gasteiger partial charge < -0.3 is 4.74 Å². The van der Waals surface area contributed by atoms with Gasteiger partial charge in [-0.25, -0.2) is 4.98 Å². The Bertz CT molecular complexity index is 2770. The van der Waals surface area contributed by atoms with Crippen LogP contribution in [0.3, 0.4) is 0 Å². The number of hydrogen-bond acceptors (Lipinski definition) is 2. The topological polar surface area (TPSA) is 35.9 Å². The van der Waals surface area contributed by atoms with Crippen LogP contribution in [0.15, 0.2) is 121 Å². The fraction of sp³-hybridized carbons (Fsp3) is 0.308. The van der Waals surface area contributed by atoms with Gasteiger partial charge in [-0.3, -0.25) is 13.7 Å². The van der Waals surface area contributed by atoms with Crippen LogP contribution in [0.4, 0.5) is 0 Å². The first-order valence-electron chi connectivity index (χ1n) is 20.2. The van der Waals surface area contributed by atoms with Crippen molar-refractivity contribution in [2.75, 3.05) is 0 Å². The van der Waals surface area contributed by atoms with Gasteiger partial charge >= 0.3 is 0 Å². The molecule has 0 unspecified atom stereocenters. The van der Waals surface area contributed by atoms with E-state index < -0.39 is 0 Å². The van der Waals surface area contributed by atoms with Gasteiger partial charge in [0.2, 0.25) is 0 Å². The first kappa shape index (κ1) is 38.2. The van der Waals surface area contributed by atoms with Gasteiger partial charge in [-0.2, -0.15) is 0 Å². The molecule has 0 atom stereocenters. The number of rotatable bonds is 5. The molecular formula is C52H56N4O. The van der Waals surface area contributed by atoms with Gasteiger partial charge in [0.1, 0.15) is 17.3 Å². The molecule has 8 aromatic rings. The number of fused-ring (bicyclic) bond motifs is 4. The number of nitrogens with zero attached hydrogens (tertiary/aromatic N) is 4. The lowest BCUT2D eigenvalue weighted by Crippen LogP contribution is -2.31. The highest BCUT2D eigenvalue weighted by Crippen LogP contribution is 2.38. The lowest BCUT2D eigenvalue weighted by Gasteiger charge is -2.26. The second-order valence-electron chi connectivity index (χ2n) is 19.8. The summed E-state index contributed by atoms with van der Waals surface area (Å²) in [5.74, 6) is 2.41. The van der Waals surface area contributed by atoms with E-state index in [1.165, 1.54) is 33.0 Å². The van der Waals surface area contributed by atoms with Crippen LogP contribution in [0, 0.1) is 6.33 Å². The number of hydrogen-bond donors (Lipinski definition) is 0. The van der Waals surface area contributed by atoms with Crippen LogP contribution in [-0.2, 0) is 21.7 Å². The van der Waals surface area contributed by atoms with Crippen molar-refractivity contribution in [1.29, 1.82) is 0 Å². The largest absolute Gasteiger partial charge is 0.458 e. The predicted octanol–water partition coefficient (Wildman–Crippen LogP) is 13.2. The van der Waals surface area contributed by atoms with Gasteiger partial charge in [-0.15, -0.1) is 0 Å². The molecule has 0 aliphatic heterocycles. The Morgan fingerprint density at radius 3 is 1.84 bits per heavy atom. The lowest BCUT2D eigenvalue weighted by molar-refractivity contribution is -0.572. The number of para-hydroxylation sites is 2. The minimum atomic E-state index is -0.0112. The zero-order valence-electron chi connectivity index (χ0n) is 35.7. The van der Waals surface area contributed by atoms with Crippen LogP contribution < -0.4 is 9.30 Å². The first-order chi connectivity index (χ1) is 26.8. The average molecular weight is 753 g/mol. The van der Waals surface area contributed by atoms with Gasteiger partial charge in [0.25, 0.3) is 6.33 Å². The smallest absolute Gasteiger partial charge is 0.269 e. The van der Waals surface area contributed by atoms with E-state index in [0.717, 1.165) is 50.8 Å². The average Bonchev–Trinajstić information content (AvgIpc) is 3.69. The van der Waals surface area contributed by atoms with Crippen LogP contribution in [-0.4, -0.2) is 14.1 Å². The summed E-state index contributed by atoms with van der Waals surface area (Å²) in [6, 6.07) is 41.5. The van der Waals surface area contributed by atoms with E-state index in [9.17, 15) is 0 Å². The van der Waals surface area contributed by atoms with Gasteiger partial charge in [0.15, 0.2) is 0 Å². The van der Waals surface area contributed by atoms with Crippen molar-refractivity contribution in [2.24, 2.45) is 0 Å². The van der Waals surface area contributed by atoms with Crippen molar-refractivity contribution in [3.05, 3.63) is 150 Å². The summed E-state index contributed by atoms with van der Waals surface area (Å²) in [4.78, 5) is 4.92. The van der Waals surface area contributed by atoms with E-state index in [1.807, 2.05) is 12.3 Å². The summed E-state index contributed by atoms with van der Waals surface area (Å²) < 4.78 is 13.4. The van der Waals surface area contributed by atoms with Crippen LogP contribution in [0.25, 0.3) is 50.0 Å². The molecule has 0 spiro atoms. The van der Waals surface area contributed by atoms with Crippen molar-refractivity contribution >= 4 is 32.8 Å². The highest BCUT2D eigenvalue weighted by atomic mass is 16.5. The van der Waals surface area contributed by atoms with Gasteiger partial charge in [-0.05, 0) is 111 Å². The SMILES string of the molecule is CC(C)(C)c1cc(-[n+]2[c-]n(-c3cccc(Oc4ccc5c6cc(C(C)(C)C)ccc6n(-c6cc(C(C)(C)C)ccn6)c5c4)c3)c3ccccc32)cc(C(C)(C)C)c1. The Hall–Kier alpha value is -5.68. The molecule has 5 heteroatoms. The molecule has 0 radical (unpaired) electrons. The number of ether oxygens (including phenoxy) is 1. The van der Waals surface area contributed by atoms with Crippen LogP contribution in [0.5, 0.6) is 11.5 Å². The molecule has 3 heterocycles. The highest BCUT2D eigenvalue weighted by molar-refractivity contribution is 6.09. The molecule has 5 nitrogen and oxygen atoms in total. The lowest BCUT2D eigenvalue weighted by atomic mass is 9.80. The minimum Gasteiger partial charge on any atom is -0.458 e. The summed E-state index contributed by atoms with van der Waals surface area (Å²) in [6.45, 7) is 27.2. The van der Waals surface area contributed by atoms with E-state index in [1.54, 1.807) is 0 Å². The molecule has 0 saturated heterocycles. The van der Waals surface area contributed by atoms with Crippen molar-refractivity contribution in [3.63, 3.8) is 0 Å². The number of imidazole rings is 1. The molecule has 0 aliphatic rings. The standard InChI is InChI=1S/C52H56N4O/c1-49(2,3)34-20-23-44-43(29-34)42-22-21-41(32-47(42)56(44)48-30-35(24-25-53-48)50(4,5)6)57-40-17-15-16-38(31-40)54-33-55(46-19-14-13-18-45(46)54)39-27-36(51(7,8)9)26-37(28-39)52(10,11)12/h13-32H,1-12H3. The quantitative estimate of drug-likeness (QED) is 0.130. The van der Waals surface area contributed by atoms with Crippen molar-refractivity contribution in [3.8, 4) is 28.7 Å². The van der Waals surface area contributed by atoms with Crippen molar-refractivity contribution in [1.82, 2.24) is 14.1 Å². The Morgan fingerprint density at radius 2 is 1.16 bits per heavy atom. The zero-order valence-corrected chi connectivity index (χ0v) is 35.7. The van der Waals surface area contributed by atoms with E-state index in [4.69, 9.17) is 9.72 Å². The molecule has 0 fully saturated rings. The van der Waals surface area contributed by atoms with E-state index in [-0.39, 0.29) is 21.7 Å². The van der Waals surface area contributed by atoms with Gasteiger partial charge in [0.05, 0.1) is 33.4 Å². The zero-order chi connectivity index (χ0) is 40.7. The number of aromatic nitrogens is 4. The third-order valence-corrected chi connectivity index (χ3v) is 11.2. The molecular weight excluding hydrogens is 697 g/mol. The van der Waals surface area contributed by atoms with E-state index in [0.29, 0.717) is 0 Å². The molecule has 0 amide bonds. The highest BCUT2D eigenvalue weighted by Gasteiger charge is 2.24. The molecule has 0 N–H and O–H groups in total. The van der Waals surface area contributed by atoms with Crippen LogP contribution in [0.1, 0.15) is 105 Å². The second-order valence-corrected chi connectivity index (χ2v) is 19.8. The predicted molar refractivity (Wildman–Crippen MR) is 237 cm³/mol.